The Morgan fingerprint density at radius 3 is 2.05 bits per heavy atom. The van der Waals surface area contributed by atoms with Crippen LogP contribution >= 0.6 is 11.6 Å². The smallest absolute Gasteiger partial charge is 0.245 e. The summed E-state index contributed by atoms with van der Waals surface area (Å²) in [7, 11) is -3.84. The molecule has 0 bridgehead atoms. The summed E-state index contributed by atoms with van der Waals surface area (Å²) < 4.78 is 26.7. The number of sulfonamides is 1. The Kier molecular flexibility index (Phi) is 3.59. The maximum absolute atomic E-state index is 12.8. The standard InChI is InChI=1S/C16H14ClNO3S/c1-12(19)16(17)15(13-8-4-2-5-9-13)18(16)22(20,21)14-10-6-3-7-11-14/h2-11,15H,1H3. The van der Waals surface area contributed by atoms with Crippen LogP contribution in [0.5, 0.6) is 0 Å². The number of rotatable bonds is 4. The van der Waals surface area contributed by atoms with Crippen LogP contribution in [0.25, 0.3) is 0 Å². The fourth-order valence-electron chi connectivity index (χ4n) is 2.61. The lowest BCUT2D eigenvalue weighted by atomic mass is 10.1. The minimum Gasteiger partial charge on any atom is -0.296 e. The molecule has 114 valence electrons. The van der Waals surface area contributed by atoms with Crippen LogP contribution in [0.3, 0.4) is 0 Å². The van der Waals surface area contributed by atoms with Crippen LogP contribution in [0.15, 0.2) is 65.6 Å². The molecule has 0 radical (unpaired) electrons. The van der Waals surface area contributed by atoms with Gasteiger partial charge in [0.15, 0.2) is 10.8 Å². The molecule has 0 spiro atoms. The highest BCUT2D eigenvalue weighted by atomic mass is 35.5. The van der Waals surface area contributed by atoms with E-state index in [9.17, 15) is 13.2 Å². The molecule has 3 unspecified atom stereocenters. The van der Waals surface area contributed by atoms with E-state index >= 15 is 0 Å². The molecule has 6 heteroatoms. The van der Waals surface area contributed by atoms with Gasteiger partial charge in [0.25, 0.3) is 0 Å². The lowest BCUT2D eigenvalue weighted by Gasteiger charge is -2.08. The van der Waals surface area contributed by atoms with E-state index in [0.717, 1.165) is 4.31 Å². The van der Waals surface area contributed by atoms with Gasteiger partial charge >= 0.3 is 0 Å². The molecule has 1 aliphatic rings. The zero-order valence-corrected chi connectivity index (χ0v) is 13.4. The topological polar surface area (TPSA) is 54.2 Å². The Morgan fingerprint density at radius 2 is 1.55 bits per heavy atom. The molecule has 0 amide bonds. The average molecular weight is 336 g/mol. The normalized spacial score (nSPS) is 27.4. The number of Topliss-reactive ketones (excluding diaryl/α,β-unsaturated/α-hetero) is 1. The van der Waals surface area contributed by atoms with Crippen LogP contribution in [0.4, 0.5) is 0 Å². The molecular formula is C16H14ClNO3S. The van der Waals surface area contributed by atoms with E-state index in [1.54, 1.807) is 42.5 Å². The van der Waals surface area contributed by atoms with Crippen molar-refractivity contribution in [1.29, 1.82) is 0 Å². The Balaban J connectivity index is 2.08. The van der Waals surface area contributed by atoms with E-state index in [1.807, 2.05) is 6.07 Å². The number of ketones is 1. The van der Waals surface area contributed by atoms with Gasteiger partial charge in [-0.1, -0.05) is 60.1 Å². The quantitative estimate of drug-likeness (QED) is 0.490. The van der Waals surface area contributed by atoms with Crippen LogP contribution in [0.1, 0.15) is 18.5 Å². The van der Waals surface area contributed by atoms with Crippen LogP contribution in [-0.2, 0) is 14.8 Å². The first-order valence-corrected chi connectivity index (χ1v) is 8.56. The summed E-state index contributed by atoms with van der Waals surface area (Å²) >= 11 is 6.38. The van der Waals surface area contributed by atoms with Crippen molar-refractivity contribution < 1.29 is 13.2 Å². The van der Waals surface area contributed by atoms with Crippen molar-refractivity contribution in [2.24, 2.45) is 0 Å². The van der Waals surface area contributed by atoms with Gasteiger partial charge in [-0.3, -0.25) is 4.79 Å². The Labute approximate surface area is 134 Å². The third-order valence-electron chi connectivity index (χ3n) is 3.76. The molecule has 22 heavy (non-hydrogen) atoms. The molecule has 0 saturated carbocycles. The zero-order chi connectivity index (χ0) is 16.0. The molecule has 0 aliphatic carbocycles. The van der Waals surface area contributed by atoms with Crippen molar-refractivity contribution in [3.05, 3.63) is 66.2 Å². The fraction of sp³-hybridized carbons (Fsp3) is 0.188. The fourth-order valence-corrected chi connectivity index (χ4v) is 5.02. The van der Waals surface area contributed by atoms with Gasteiger partial charge in [-0.05, 0) is 24.6 Å². The highest BCUT2D eigenvalue weighted by molar-refractivity contribution is 7.89. The van der Waals surface area contributed by atoms with Crippen molar-refractivity contribution in [3.63, 3.8) is 0 Å². The molecule has 1 fully saturated rings. The summed E-state index contributed by atoms with van der Waals surface area (Å²) in [5.41, 5.74) is 0.701. The van der Waals surface area contributed by atoms with Crippen LogP contribution in [-0.4, -0.2) is 23.5 Å². The number of nitrogens with zero attached hydrogens (tertiary/aromatic N) is 1. The second-order valence-electron chi connectivity index (χ2n) is 5.16. The SMILES string of the molecule is CC(=O)C1(Cl)C(c2ccccc2)N1S(=O)(=O)c1ccccc1. The van der Waals surface area contributed by atoms with Crippen LogP contribution < -0.4 is 0 Å². The van der Waals surface area contributed by atoms with Crippen molar-refractivity contribution in [3.8, 4) is 0 Å². The number of benzene rings is 2. The summed E-state index contributed by atoms with van der Waals surface area (Å²) in [6, 6.07) is 16.3. The molecule has 3 atom stereocenters. The van der Waals surface area contributed by atoms with E-state index in [2.05, 4.69) is 0 Å². The lowest BCUT2D eigenvalue weighted by molar-refractivity contribution is -0.118. The molecule has 3 rings (SSSR count). The summed E-state index contributed by atoms with van der Waals surface area (Å²) in [5, 5.41) is 0. The van der Waals surface area contributed by atoms with Gasteiger partial charge < -0.3 is 0 Å². The first-order valence-electron chi connectivity index (χ1n) is 6.74. The van der Waals surface area contributed by atoms with Crippen LogP contribution in [0.2, 0.25) is 0 Å². The summed E-state index contributed by atoms with van der Waals surface area (Å²) in [5.74, 6) is -0.387. The van der Waals surface area contributed by atoms with E-state index in [0.29, 0.717) is 5.56 Å². The zero-order valence-electron chi connectivity index (χ0n) is 11.8. The predicted molar refractivity (Wildman–Crippen MR) is 83.9 cm³/mol. The molecule has 4 nitrogen and oxygen atoms in total. The van der Waals surface area contributed by atoms with E-state index in [4.69, 9.17) is 11.6 Å². The highest BCUT2D eigenvalue weighted by Crippen LogP contribution is 2.59. The molecule has 2 aromatic carbocycles. The van der Waals surface area contributed by atoms with Gasteiger partial charge in [-0.15, -0.1) is 0 Å². The van der Waals surface area contributed by atoms with E-state index in [1.165, 1.54) is 19.1 Å². The largest absolute Gasteiger partial charge is 0.296 e. The molecule has 0 N–H and O–H groups in total. The third-order valence-corrected chi connectivity index (χ3v) is 6.40. The molecule has 1 saturated heterocycles. The van der Waals surface area contributed by atoms with Gasteiger partial charge in [-0.25, -0.2) is 8.42 Å². The van der Waals surface area contributed by atoms with Crippen molar-refractivity contribution in [1.82, 2.24) is 4.31 Å². The number of halogens is 1. The van der Waals surface area contributed by atoms with Gasteiger partial charge in [0.05, 0.1) is 10.9 Å². The first-order chi connectivity index (χ1) is 10.4. The summed E-state index contributed by atoms with van der Waals surface area (Å²) in [4.78, 5) is 10.5. The van der Waals surface area contributed by atoms with Gasteiger partial charge in [0, 0.05) is 0 Å². The minimum atomic E-state index is -3.84. The summed E-state index contributed by atoms with van der Waals surface area (Å²) in [6.07, 6.45) is 0. The molecular weight excluding hydrogens is 322 g/mol. The molecule has 0 aromatic heterocycles. The Bertz CT molecular complexity index is 808. The predicted octanol–water partition coefficient (Wildman–Crippen LogP) is 2.96. The monoisotopic (exact) mass is 335 g/mol. The van der Waals surface area contributed by atoms with Gasteiger partial charge in [-0.2, -0.15) is 4.31 Å². The minimum absolute atomic E-state index is 0.125. The van der Waals surface area contributed by atoms with E-state index < -0.39 is 21.1 Å². The second kappa shape index (κ2) is 5.19. The lowest BCUT2D eigenvalue weighted by Crippen LogP contribution is -2.25. The highest BCUT2D eigenvalue weighted by Gasteiger charge is 2.71. The first kappa shape index (κ1) is 15.2. The average Bonchev–Trinajstić information content (AvgIpc) is 3.18. The van der Waals surface area contributed by atoms with Gasteiger partial charge in [0.2, 0.25) is 10.0 Å². The van der Waals surface area contributed by atoms with Crippen LogP contribution in [0, 0.1) is 0 Å². The molecule has 1 heterocycles. The van der Waals surface area contributed by atoms with E-state index in [-0.39, 0.29) is 10.7 Å². The third kappa shape index (κ3) is 2.17. The maximum Gasteiger partial charge on any atom is 0.245 e. The maximum atomic E-state index is 12.8. The number of carbonyl (C=O) groups excluding carboxylic acids is 1. The van der Waals surface area contributed by atoms with Crippen molar-refractivity contribution >= 4 is 27.4 Å². The number of hydrogen-bond donors (Lipinski definition) is 0. The molecule has 1 aliphatic heterocycles. The molecule has 2 aromatic rings. The summed E-state index contributed by atoms with van der Waals surface area (Å²) in [6.45, 7) is 1.31. The number of hydrogen-bond acceptors (Lipinski definition) is 3. The number of alkyl halides is 1. The Morgan fingerprint density at radius 1 is 1.05 bits per heavy atom. The van der Waals surface area contributed by atoms with Crippen molar-refractivity contribution in [2.45, 2.75) is 22.9 Å². The van der Waals surface area contributed by atoms with Crippen molar-refractivity contribution in [2.75, 3.05) is 0 Å². The van der Waals surface area contributed by atoms with Gasteiger partial charge in [0.1, 0.15) is 0 Å². The second-order valence-corrected chi connectivity index (χ2v) is 7.55. The Hall–Kier alpha value is -1.69. The number of carbonyl (C=O) groups is 1.